The Morgan fingerprint density at radius 2 is 1.76 bits per heavy atom. The second-order valence-corrected chi connectivity index (χ2v) is 12.0. The van der Waals surface area contributed by atoms with E-state index in [1.807, 2.05) is 27.7 Å². The van der Waals surface area contributed by atoms with Crippen LogP contribution in [0, 0.1) is 11.7 Å². The number of nitrogens with zero attached hydrogens (tertiary/aromatic N) is 3. The second kappa shape index (κ2) is 13.8. The van der Waals surface area contributed by atoms with Gasteiger partial charge < -0.3 is 14.9 Å². The average molecular weight is 552 g/mol. The van der Waals surface area contributed by atoms with Crippen LogP contribution < -0.4 is 4.31 Å². The Bertz CT molecular complexity index is 1220. The first-order chi connectivity index (χ1) is 17.7. The SMILES string of the molecule is CC(C)CCOC(=O)C[C@H](O)C[C@H](O)/C=C/c1c(-c2ccc(F)cc2)nc(N(C)S(C)(=O)=O)nc1C(C)C. The van der Waals surface area contributed by atoms with Crippen LogP contribution in [0.5, 0.6) is 0 Å². The molecule has 0 fully saturated rings. The molecule has 210 valence electrons. The van der Waals surface area contributed by atoms with Crippen molar-refractivity contribution in [3.05, 3.63) is 47.4 Å². The minimum Gasteiger partial charge on any atom is -0.466 e. The Hall–Kier alpha value is -2.89. The number of aliphatic hydroxyl groups is 2. The highest BCUT2D eigenvalue weighted by molar-refractivity contribution is 7.92. The molecule has 2 N–H and O–H groups in total. The molecule has 0 aliphatic heterocycles. The van der Waals surface area contributed by atoms with Crippen LogP contribution in [0.1, 0.15) is 64.1 Å². The number of hydrogen-bond acceptors (Lipinski definition) is 8. The highest BCUT2D eigenvalue weighted by atomic mass is 32.2. The maximum Gasteiger partial charge on any atom is 0.308 e. The number of sulfonamides is 1. The zero-order valence-electron chi connectivity index (χ0n) is 22.8. The van der Waals surface area contributed by atoms with Crippen LogP contribution in [-0.2, 0) is 19.6 Å². The maximum atomic E-state index is 13.6. The molecule has 9 nitrogen and oxygen atoms in total. The van der Waals surface area contributed by atoms with E-state index in [4.69, 9.17) is 4.74 Å². The third kappa shape index (κ3) is 9.45. The smallest absolute Gasteiger partial charge is 0.308 e. The molecule has 0 radical (unpaired) electrons. The fourth-order valence-electron chi connectivity index (χ4n) is 3.50. The number of anilines is 1. The molecule has 2 atom stereocenters. The second-order valence-electron chi connectivity index (χ2n) is 9.99. The Kier molecular flexibility index (Phi) is 11.4. The Morgan fingerprint density at radius 3 is 2.32 bits per heavy atom. The van der Waals surface area contributed by atoms with Gasteiger partial charge in [0, 0.05) is 24.6 Å². The number of aliphatic hydroxyl groups excluding tert-OH is 2. The summed E-state index contributed by atoms with van der Waals surface area (Å²) < 4.78 is 44.0. The summed E-state index contributed by atoms with van der Waals surface area (Å²) in [4.78, 5) is 20.9. The van der Waals surface area contributed by atoms with E-state index >= 15 is 0 Å². The van der Waals surface area contributed by atoms with E-state index in [-0.39, 0.29) is 31.3 Å². The summed E-state index contributed by atoms with van der Waals surface area (Å²) in [7, 11) is -2.31. The van der Waals surface area contributed by atoms with Crippen LogP contribution >= 0.6 is 0 Å². The van der Waals surface area contributed by atoms with Crippen LogP contribution in [0.2, 0.25) is 0 Å². The largest absolute Gasteiger partial charge is 0.466 e. The standard InChI is InChI=1S/C27H38FN3O6S/c1-17(2)13-14-37-24(34)16-22(33)15-21(32)11-12-23-25(18(3)4)29-27(31(5)38(6,35)36)30-26(23)19-7-9-20(28)10-8-19/h7-12,17-18,21-22,32-33H,13-16H2,1-6H3/b12-11+/t21-,22-/m1/s1. The molecule has 1 aromatic heterocycles. The summed E-state index contributed by atoms with van der Waals surface area (Å²) in [5.74, 6) is -0.787. The highest BCUT2D eigenvalue weighted by Gasteiger charge is 2.22. The quantitative estimate of drug-likeness (QED) is 0.359. The minimum absolute atomic E-state index is 0.0420. The molecule has 0 bridgehead atoms. The molecule has 0 spiro atoms. The van der Waals surface area contributed by atoms with Crippen molar-refractivity contribution < 1.29 is 32.6 Å². The van der Waals surface area contributed by atoms with Gasteiger partial charge in [0.05, 0.1) is 42.9 Å². The molecule has 0 aliphatic carbocycles. The molecule has 11 heteroatoms. The lowest BCUT2D eigenvalue weighted by Crippen LogP contribution is -2.27. The van der Waals surface area contributed by atoms with Gasteiger partial charge in [-0.2, -0.15) is 0 Å². The summed E-state index contributed by atoms with van der Waals surface area (Å²) in [5, 5.41) is 20.8. The number of benzene rings is 1. The molecule has 2 aromatic rings. The number of esters is 1. The average Bonchev–Trinajstić information content (AvgIpc) is 2.81. The highest BCUT2D eigenvalue weighted by Crippen LogP contribution is 2.31. The van der Waals surface area contributed by atoms with Crippen molar-refractivity contribution in [1.29, 1.82) is 0 Å². The van der Waals surface area contributed by atoms with Gasteiger partial charge in [0.15, 0.2) is 0 Å². The number of aromatic nitrogens is 2. The number of hydrogen-bond donors (Lipinski definition) is 2. The van der Waals surface area contributed by atoms with Gasteiger partial charge in [0.1, 0.15) is 5.82 Å². The predicted molar refractivity (Wildman–Crippen MR) is 145 cm³/mol. The summed E-state index contributed by atoms with van der Waals surface area (Å²) in [6, 6.07) is 5.58. The van der Waals surface area contributed by atoms with Gasteiger partial charge >= 0.3 is 5.97 Å². The molecule has 0 unspecified atom stereocenters. The van der Waals surface area contributed by atoms with Crippen molar-refractivity contribution in [2.45, 2.75) is 65.1 Å². The Morgan fingerprint density at radius 1 is 1.13 bits per heavy atom. The molecular formula is C27H38FN3O6S. The van der Waals surface area contributed by atoms with Gasteiger partial charge in [-0.1, -0.05) is 39.8 Å². The molecule has 38 heavy (non-hydrogen) atoms. The predicted octanol–water partition coefficient (Wildman–Crippen LogP) is 3.91. The van der Waals surface area contributed by atoms with Gasteiger partial charge in [-0.05, 0) is 42.5 Å². The first-order valence-electron chi connectivity index (χ1n) is 12.5. The summed E-state index contributed by atoms with van der Waals surface area (Å²) >= 11 is 0. The topological polar surface area (TPSA) is 130 Å². The summed E-state index contributed by atoms with van der Waals surface area (Å²) in [6.07, 6.45) is 2.26. The number of ether oxygens (including phenoxy) is 1. The lowest BCUT2D eigenvalue weighted by molar-refractivity contribution is -0.146. The van der Waals surface area contributed by atoms with Crippen LogP contribution in [0.3, 0.4) is 0 Å². The number of rotatable bonds is 13. The minimum atomic E-state index is -3.65. The zero-order chi connectivity index (χ0) is 28.6. The summed E-state index contributed by atoms with van der Waals surface area (Å²) in [6.45, 7) is 8.06. The number of carbonyl (C=O) groups is 1. The van der Waals surface area contributed by atoms with Crippen molar-refractivity contribution in [2.24, 2.45) is 5.92 Å². The van der Waals surface area contributed by atoms with E-state index in [1.165, 1.54) is 37.4 Å². The molecule has 0 saturated carbocycles. The lowest BCUT2D eigenvalue weighted by Gasteiger charge is -2.20. The van der Waals surface area contributed by atoms with Crippen molar-refractivity contribution >= 4 is 28.0 Å². The van der Waals surface area contributed by atoms with Gasteiger partial charge in [-0.15, -0.1) is 0 Å². The van der Waals surface area contributed by atoms with Gasteiger partial charge in [-0.25, -0.2) is 27.1 Å². The van der Waals surface area contributed by atoms with Crippen molar-refractivity contribution in [3.63, 3.8) is 0 Å². The number of halogens is 1. The molecule has 0 amide bonds. The van der Waals surface area contributed by atoms with Crippen LogP contribution in [0.15, 0.2) is 30.3 Å². The van der Waals surface area contributed by atoms with E-state index < -0.39 is 34.0 Å². The third-order valence-corrected chi connectivity index (χ3v) is 6.92. The Balaban J connectivity index is 2.36. The summed E-state index contributed by atoms with van der Waals surface area (Å²) in [5.41, 5.74) is 1.91. The van der Waals surface area contributed by atoms with E-state index in [2.05, 4.69) is 9.97 Å². The normalized spacial score (nSPS) is 13.8. The molecule has 0 saturated heterocycles. The van der Waals surface area contributed by atoms with Gasteiger partial charge in [0.25, 0.3) is 0 Å². The van der Waals surface area contributed by atoms with E-state index in [9.17, 15) is 27.8 Å². The Labute approximate surface area is 224 Å². The first-order valence-corrected chi connectivity index (χ1v) is 14.4. The molecule has 2 rings (SSSR count). The van der Waals surface area contributed by atoms with Crippen molar-refractivity contribution in [2.75, 3.05) is 24.2 Å². The van der Waals surface area contributed by atoms with E-state index in [0.29, 0.717) is 28.4 Å². The van der Waals surface area contributed by atoms with E-state index in [0.717, 1.165) is 17.0 Å². The van der Waals surface area contributed by atoms with Crippen molar-refractivity contribution in [1.82, 2.24) is 9.97 Å². The first kappa shape index (κ1) is 31.3. The maximum absolute atomic E-state index is 13.6. The van der Waals surface area contributed by atoms with Gasteiger partial charge in [-0.3, -0.25) is 4.79 Å². The van der Waals surface area contributed by atoms with Crippen LogP contribution in [0.4, 0.5) is 10.3 Å². The fraction of sp³-hybridized carbons (Fsp3) is 0.519. The monoisotopic (exact) mass is 551 g/mol. The molecule has 1 heterocycles. The fourth-order valence-corrected chi connectivity index (χ4v) is 3.88. The zero-order valence-corrected chi connectivity index (χ0v) is 23.6. The van der Waals surface area contributed by atoms with E-state index in [1.54, 1.807) is 6.08 Å². The van der Waals surface area contributed by atoms with Crippen LogP contribution in [0.25, 0.3) is 17.3 Å². The van der Waals surface area contributed by atoms with Crippen LogP contribution in [-0.4, -0.2) is 66.7 Å². The lowest BCUT2D eigenvalue weighted by atomic mass is 9.97. The van der Waals surface area contributed by atoms with Crippen molar-refractivity contribution in [3.8, 4) is 11.3 Å². The van der Waals surface area contributed by atoms with Gasteiger partial charge in [0.2, 0.25) is 16.0 Å². The molecular weight excluding hydrogens is 513 g/mol. The molecule has 0 aliphatic rings. The third-order valence-electron chi connectivity index (χ3n) is 5.77. The molecule has 1 aromatic carbocycles. The number of carbonyl (C=O) groups excluding carboxylic acids is 1.